The van der Waals surface area contributed by atoms with Gasteiger partial charge in [-0.3, -0.25) is 0 Å². The average molecular weight is 374 g/mol. The molecule has 0 aliphatic heterocycles. The molecule has 0 bridgehead atoms. The van der Waals surface area contributed by atoms with Gasteiger partial charge < -0.3 is 16.4 Å². The third-order valence-electron chi connectivity index (χ3n) is 3.07. The zero-order valence-electron chi connectivity index (χ0n) is 13.9. The van der Waals surface area contributed by atoms with Crippen LogP contribution in [0.15, 0.2) is 28.6 Å². The Morgan fingerprint density at radius 1 is 1.12 bits per heavy atom. The Morgan fingerprint density at radius 3 is 2.68 bits per heavy atom. The van der Waals surface area contributed by atoms with Gasteiger partial charge in [0.25, 0.3) is 0 Å². The van der Waals surface area contributed by atoms with Crippen molar-refractivity contribution >= 4 is 45.8 Å². The first kappa shape index (κ1) is 17.4. The van der Waals surface area contributed by atoms with E-state index < -0.39 is 0 Å². The standard InChI is InChI=1S/C15H18N8S2/c1-3-17-14-22-23-15(25-14)24-8-11-19-12(16)21-13(20-11)18-10-6-4-9(2)5-7-10/h4-7H,3,8H2,1-2H3,(H,17,22)(H3,16,18,19,20,21). The minimum atomic E-state index is 0.186. The highest BCUT2D eigenvalue weighted by Crippen LogP contribution is 2.27. The van der Waals surface area contributed by atoms with Crippen molar-refractivity contribution in [1.82, 2.24) is 25.1 Å². The monoisotopic (exact) mass is 374 g/mol. The normalized spacial score (nSPS) is 10.6. The van der Waals surface area contributed by atoms with E-state index >= 15 is 0 Å². The van der Waals surface area contributed by atoms with Crippen LogP contribution in [-0.4, -0.2) is 31.7 Å². The molecule has 0 radical (unpaired) electrons. The summed E-state index contributed by atoms with van der Waals surface area (Å²) in [6, 6.07) is 7.96. The molecule has 130 valence electrons. The lowest BCUT2D eigenvalue weighted by Gasteiger charge is -2.07. The maximum atomic E-state index is 5.80. The van der Waals surface area contributed by atoms with Crippen LogP contribution in [0.4, 0.5) is 22.7 Å². The molecule has 3 aromatic rings. The van der Waals surface area contributed by atoms with Gasteiger partial charge in [0.2, 0.25) is 17.0 Å². The minimum absolute atomic E-state index is 0.186. The highest BCUT2D eigenvalue weighted by molar-refractivity contribution is 8.00. The Labute approximate surface area is 153 Å². The van der Waals surface area contributed by atoms with Gasteiger partial charge in [-0.05, 0) is 26.0 Å². The molecule has 4 N–H and O–H groups in total. The molecule has 0 fully saturated rings. The summed E-state index contributed by atoms with van der Waals surface area (Å²) in [7, 11) is 0. The third kappa shape index (κ3) is 5.00. The van der Waals surface area contributed by atoms with Crippen molar-refractivity contribution in [2.24, 2.45) is 0 Å². The van der Waals surface area contributed by atoms with Crippen molar-refractivity contribution in [2.75, 3.05) is 22.9 Å². The van der Waals surface area contributed by atoms with Crippen LogP contribution in [0.25, 0.3) is 0 Å². The average Bonchev–Trinajstić information content (AvgIpc) is 3.03. The summed E-state index contributed by atoms with van der Waals surface area (Å²) < 4.78 is 0.850. The van der Waals surface area contributed by atoms with E-state index in [0.717, 1.165) is 21.7 Å². The Balaban J connectivity index is 1.67. The molecule has 2 aromatic heterocycles. The molecule has 0 aliphatic carbocycles. The van der Waals surface area contributed by atoms with Gasteiger partial charge in [-0.2, -0.15) is 15.0 Å². The molecule has 25 heavy (non-hydrogen) atoms. The summed E-state index contributed by atoms with van der Waals surface area (Å²) >= 11 is 3.02. The molecular formula is C15H18N8S2. The van der Waals surface area contributed by atoms with Crippen molar-refractivity contribution in [3.63, 3.8) is 0 Å². The van der Waals surface area contributed by atoms with E-state index in [0.29, 0.717) is 17.5 Å². The molecule has 0 spiro atoms. The first-order valence-corrected chi connectivity index (χ1v) is 9.47. The largest absolute Gasteiger partial charge is 0.368 e. The van der Waals surface area contributed by atoms with Crippen LogP contribution in [0.2, 0.25) is 0 Å². The second kappa shape index (κ2) is 8.08. The van der Waals surface area contributed by atoms with Gasteiger partial charge in [0.15, 0.2) is 4.34 Å². The van der Waals surface area contributed by atoms with Gasteiger partial charge in [0.05, 0.1) is 5.75 Å². The lowest BCUT2D eigenvalue weighted by molar-refractivity contribution is 0.974. The smallest absolute Gasteiger partial charge is 0.232 e. The molecule has 3 rings (SSSR count). The van der Waals surface area contributed by atoms with Gasteiger partial charge in [-0.25, -0.2) is 0 Å². The van der Waals surface area contributed by atoms with Crippen molar-refractivity contribution in [3.05, 3.63) is 35.7 Å². The molecule has 0 atom stereocenters. The number of aromatic nitrogens is 5. The Kier molecular flexibility index (Phi) is 5.61. The van der Waals surface area contributed by atoms with E-state index in [1.165, 1.54) is 28.7 Å². The number of rotatable bonds is 7. The third-order valence-corrected chi connectivity index (χ3v) is 5.08. The summed E-state index contributed by atoms with van der Waals surface area (Å²) in [5, 5.41) is 15.3. The molecule has 10 heteroatoms. The zero-order chi connectivity index (χ0) is 17.6. The second-order valence-corrected chi connectivity index (χ2v) is 7.32. The quantitative estimate of drug-likeness (QED) is 0.537. The van der Waals surface area contributed by atoms with E-state index in [1.54, 1.807) is 0 Å². The van der Waals surface area contributed by atoms with Crippen LogP contribution >= 0.6 is 23.1 Å². The van der Waals surface area contributed by atoms with Gasteiger partial charge in [0, 0.05) is 12.2 Å². The minimum Gasteiger partial charge on any atom is -0.368 e. The highest BCUT2D eigenvalue weighted by Gasteiger charge is 2.09. The number of hydrogen-bond acceptors (Lipinski definition) is 10. The fourth-order valence-electron chi connectivity index (χ4n) is 1.94. The lowest BCUT2D eigenvalue weighted by Crippen LogP contribution is -2.06. The Hall–Kier alpha value is -2.46. The number of anilines is 4. The topological polar surface area (TPSA) is 115 Å². The number of hydrogen-bond donors (Lipinski definition) is 3. The predicted octanol–water partition coefficient (Wildman–Crippen LogP) is 3.08. The SMILES string of the molecule is CCNc1nnc(SCc2nc(N)nc(Nc3ccc(C)cc3)n2)s1. The predicted molar refractivity (Wildman–Crippen MR) is 102 cm³/mol. The number of nitrogens with two attached hydrogens (primary N) is 1. The molecule has 2 heterocycles. The van der Waals surface area contributed by atoms with E-state index in [2.05, 4.69) is 35.8 Å². The summed E-state index contributed by atoms with van der Waals surface area (Å²) in [6.45, 7) is 4.87. The first-order chi connectivity index (χ1) is 12.1. The van der Waals surface area contributed by atoms with Crippen LogP contribution in [0.5, 0.6) is 0 Å². The number of aryl methyl sites for hydroxylation is 1. The second-order valence-electron chi connectivity index (χ2n) is 5.12. The van der Waals surface area contributed by atoms with E-state index in [9.17, 15) is 0 Å². The van der Waals surface area contributed by atoms with Crippen LogP contribution in [-0.2, 0) is 5.75 Å². The maximum Gasteiger partial charge on any atom is 0.232 e. The number of benzene rings is 1. The highest BCUT2D eigenvalue weighted by atomic mass is 32.2. The molecule has 0 aliphatic rings. The van der Waals surface area contributed by atoms with Crippen molar-refractivity contribution in [3.8, 4) is 0 Å². The molecule has 1 aromatic carbocycles. The van der Waals surface area contributed by atoms with Crippen molar-refractivity contribution < 1.29 is 0 Å². The van der Waals surface area contributed by atoms with Crippen molar-refractivity contribution in [1.29, 1.82) is 0 Å². The fourth-order valence-corrected chi connectivity index (χ4v) is 3.62. The number of thioether (sulfide) groups is 1. The van der Waals surface area contributed by atoms with Gasteiger partial charge in [-0.15, -0.1) is 10.2 Å². The molecule has 0 unspecified atom stereocenters. The summed E-state index contributed by atoms with van der Waals surface area (Å²) in [4.78, 5) is 12.7. The van der Waals surface area contributed by atoms with Crippen LogP contribution in [0.3, 0.4) is 0 Å². The summed E-state index contributed by atoms with van der Waals surface area (Å²) in [5.41, 5.74) is 7.89. The fraction of sp³-hybridized carbons (Fsp3) is 0.267. The molecule has 0 saturated carbocycles. The van der Waals surface area contributed by atoms with Crippen LogP contribution in [0.1, 0.15) is 18.3 Å². The zero-order valence-corrected chi connectivity index (χ0v) is 15.5. The lowest BCUT2D eigenvalue weighted by atomic mass is 10.2. The molecule has 8 nitrogen and oxygen atoms in total. The van der Waals surface area contributed by atoms with E-state index in [-0.39, 0.29) is 5.95 Å². The van der Waals surface area contributed by atoms with Gasteiger partial charge >= 0.3 is 0 Å². The molecule has 0 saturated heterocycles. The van der Waals surface area contributed by atoms with Gasteiger partial charge in [-0.1, -0.05) is 40.8 Å². The number of nitrogens with zero attached hydrogens (tertiary/aromatic N) is 5. The Morgan fingerprint density at radius 2 is 1.92 bits per heavy atom. The number of nitrogens with one attached hydrogen (secondary N) is 2. The van der Waals surface area contributed by atoms with E-state index in [4.69, 9.17) is 5.73 Å². The molecular weight excluding hydrogens is 356 g/mol. The van der Waals surface area contributed by atoms with E-state index in [1.807, 2.05) is 38.1 Å². The maximum absolute atomic E-state index is 5.80. The first-order valence-electron chi connectivity index (χ1n) is 7.66. The van der Waals surface area contributed by atoms with Gasteiger partial charge in [0.1, 0.15) is 5.82 Å². The molecule has 0 amide bonds. The van der Waals surface area contributed by atoms with Crippen LogP contribution in [0, 0.1) is 6.92 Å². The van der Waals surface area contributed by atoms with Crippen molar-refractivity contribution in [2.45, 2.75) is 23.9 Å². The Bertz CT molecular complexity index is 834. The number of nitrogen functional groups attached to an aromatic ring is 1. The summed E-state index contributed by atoms with van der Waals surface area (Å²) in [5.74, 6) is 1.74. The van der Waals surface area contributed by atoms with Crippen LogP contribution < -0.4 is 16.4 Å². The summed E-state index contributed by atoms with van der Waals surface area (Å²) in [6.07, 6.45) is 0.